The van der Waals surface area contributed by atoms with Crippen molar-refractivity contribution >= 4 is 11.9 Å². The van der Waals surface area contributed by atoms with E-state index >= 15 is 0 Å². The Morgan fingerprint density at radius 2 is 1.95 bits per heavy atom. The van der Waals surface area contributed by atoms with E-state index in [4.69, 9.17) is 9.84 Å². The molecule has 0 saturated carbocycles. The third-order valence-electron chi connectivity index (χ3n) is 2.79. The summed E-state index contributed by atoms with van der Waals surface area (Å²) in [6.45, 7) is 4.06. The summed E-state index contributed by atoms with van der Waals surface area (Å²) in [7, 11) is 0. The highest BCUT2D eigenvalue weighted by Crippen LogP contribution is 2.16. The molecule has 0 atom stereocenters. The van der Waals surface area contributed by atoms with Crippen molar-refractivity contribution in [3.63, 3.8) is 0 Å². The molecule has 0 unspecified atom stereocenters. The van der Waals surface area contributed by atoms with E-state index in [-0.39, 0.29) is 11.3 Å². The lowest BCUT2D eigenvalue weighted by molar-refractivity contribution is 0.0662. The zero-order valence-electron chi connectivity index (χ0n) is 11.2. The molecule has 0 aliphatic rings. The van der Waals surface area contributed by atoms with Crippen LogP contribution in [0.15, 0.2) is 30.5 Å². The molecular weight excluding hydrogens is 260 g/mol. The Morgan fingerprint density at radius 3 is 2.50 bits per heavy atom. The lowest BCUT2D eigenvalue weighted by atomic mass is 10.2. The molecule has 1 heterocycles. The third-order valence-corrected chi connectivity index (χ3v) is 2.79. The van der Waals surface area contributed by atoms with E-state index in [2.05, 4.69) is 5.10 Å². The number of aryl methyl sites for hydroxylation is 2. The van der Waals surface area contributed by atoms with Gasteiger partial charge in [0.05, 0.1) is 6.20 Å². The number of esters is 1. The number of carboxylic acid groups (broad SMARTS) is 1. The fraction of sp³-hybridized carbons (Fsp3) is 0.214. The van der Waals surface area contributed by atoms with Gasteiger partial charge in [0.1, 0.15) is 11.3 Å². The van der Waals surface area contributed by atoms with Gasteiger partial charge in [0.15, 0.2) is 5.69 Å². The number of carbonyl (C=O) groups excluding carboxylic acids is 1. The van der Waals surface area contributed by atoms with Crippen molar-refractivity contribution in [1.29, 1.82) is 0 Å². The normalized spacial score (nSPS) is 10.3. The molecule has 0 saturated heterocycles. The van der Waals surface area contributed by atoms with Gasteiger partial charge in [0.2, 0.25) is 0 Å². The number of carboxylic acids is 1. The summed E-state index contributed by atoms with van der Waals surface area (Å²) in [5.74, 6) is -1.58. The molecule has 6 heteroatoms. The number of hydrogen-bond acceptors (Lipinski definition) is 4. The van der Waals surface area contributed by atoms with Crippen LogP contribution in [0.5, 0.6) is 5.75 Å². The van der Waals surface area contributed by atoms with E-state index in [0.717, 1.165) is 11.8 Å². The van der Waals surface area contributed by atoms with Crippen LogP contribution in [0, 0.1) is 6.92 Å². The first-order chi connectivity index (χ1) is 9.52. The largest absolute Gasteiger partial charge is 0.478 e. The highest BCUT2D eigenvalue weighted by molar-refractivity contribution is 6.01. The summed E-state index contributed by atoms with van der Waals surface area (Å²) >= 11 is 0. The zero-order valence-corrected chi connectivity index (χ0v) is 11.2. The summed E-state index contributed by atoms with van der Waals surface area (Å²) in [5.41, 5.74) is 0.819. The minimum atomic E-state index is -1.21. The molecule has 0 amide bonds. The lowest BCUT2D eigenvalue weighted by Gasteiger charge is -2.07. The molecule has 0 spiro atoms. The molecule has 1 aromatic carbocycles. The molecule has 2 rings (SSSR count). The van der Waals surface area contributed by atoms with Crippen molar-refractivity contribution in [2.24, 2.45) is 0 Å². The van der Waals surface area contributed by atoms with Gasteiger partial charge in [-0.05, 0) is 26.0 Å². The lowest BCUT2D eigenvalue weighted by Crippen LogP contribution is -2.18. The van der Waals surface area contributed by atoms with Crippen LogP contribution in [0.4, 0.5) is 0 Å². The highest BCUT2D eigenvalue weighted by Gasteiger charge is 2.24. The number of nitrogens with zero attached hydrogens (tertiary/aromatic N) is 2. The first kappa shape index (κ1) is 13.8. The fourth-order valence-corrected chi connectivity index (χ4v) is 1.76. The maximum Gasteiger partial charge on any atom is 0.362 e. The average Bonchev–Trinajstić information content (AvgIpc) is 2.85. The van der Waals surface area contributed by atoms with Gasteiger partial charge in [-0.3, -0.25) is 4.68 Å². The molecule has 20 heavy (non-hydrogen) atoms. The zero-order chi connectivity index (χ0) is 14.7. The SMILES string of the molecule is CCn1ncc(C(=O)O)c1C(=O)Oc1ccc(C)cc1. The molecule has 6 nitrogen and oxygen atoms in total. The Kier molecular flexibility index (Phi) is 3.84. The van der Waals surface area contributed by atoms with Crippen molar-refractivity contribution in [1.82, 2.24) is 9.78 Å². The summed E-state index contributed by atoms with van der Waals surface area (Å²) in [4.78, 5) is 23.2. The van der Waals surface area contributed by atoms with Gasteiger partial charge in [-0.1, -0.05) is 17.7 Å². The van der Waals surface area contributed by atoms with Crippen molar-refractivity contribution in [3.8, 4) is 5.75 Å². The van der Waals surface area contributed by atoms with Gasteiger partial charge in [0, 0.05) is 6.54 Å². The van der Waals surface area contributed by atoms with Crippen LogP contribution in [-0.2, 0) is 6.54 Å². The van der Waals surface area contributed by atoms with Gasteiger partial charge in [0.25, 0.3) is 0 Å². The number of carbonyl (C=O) groups is 2. The first-order valence-corrected chi connectivity index (χ1v) is 6.11. The van der Waals surface area contributed by atoms with Crippen molar-refractivity contribution in [2.45, 2.75) is 20.4 Å². The Hall–Kier alpha value is -2.63. The highest BCUT2D eigenvalue weighted by atomic mass is 16.5. The van der Waals surface area contributed by atoms with Crippen LogP contribution in [0.3, 0.4) is 0 Å². The predicted molar refractivity (Wildman–Crippen MR) is 71.0 cm³/mol. The van der Waals surface area contributed by atoms with Gasteiger partial charge in [-0.25, -0.2) is 9.59 Å². The number of aromatic carboxylic acids is 1. The minimum Gasteiger partial charge on any atom is -0.478 e. The number of aromatic nitrogens is 2. The van der Waals surface area contributed by atoms with Crippen molar-refractivity contribution in [3.05, 3.63) is 47.3 Å². The topological polar surface area (TPSA) is 81.4 Å². The number of benzene rings is 1. The van der Waals surface area contributed by atoms with Gasteiger partial charge >= 0.3 is 11.9 Å². The molecule has 0 fully saturated rings. The quantitative estimate of drug-likeness (QED) is 0.682. The Labute approximate surface area is 115 Å². The molecule has 1 N–H and O–H groups in total. The number of hydrogen-bond donors (Lipinski definition) is 1. The van der Waals surface area contributed by atoms with E-state index in [1.165, 1.54) is 4.68 Å². The van der Waals surface area contributed by atoms with Crippen molar-refractivity contribution in [2.75, 3.05) is 0 Å². The molecule has 0 aliphatic heterocycles. The number of ether oxygens (including phenoxy) is 1. The Bertz CT molecular complexity index is 644. The van der Waals surface area contributed by atoms with Crippen LogP contribution < -0.4 is 4.74 Å². The molecule has 0 radical (unpaired) electrons. The van der Waals surface area contributed by atoms with E-state index in [0.29, 0.717) is 12.3 Å². The predicted octanol–water partition coefficient (Wildman–Crippen LogP) is 2.13. The van der Waals surface area contributed by atoms with E-state index < -0.39 is 11.9 Å². The summed E-state index contributed by atoms with van der Waals surface area (Å²) in [5, 5.41) is 12.9. The van der Waals surface area contributed by atoms with Gasteiger partial charge < -0.3 is 9.84 Å². The van der Waals surface area contributed by atoms with E-state index in [1.54, 1.807) is 31.2 Å². The summed E-state index contributed by atoms with van der Waals surface area (Å²) in [6, 6.07) is 6.91. The van der Waals surface area contributed by atoms with E-state index in [1.807, 2.05) is 6.92 Å². The van der Waals surface area contributed by atoms with Crippen LogP contribution in [0.25, 0.3) is 0 Å². The summed E-state index contributed by atoms with van der Waals surface area (Å²) in [6.07, 6.45) is 1.15. The fourth-order valence-electron chi connectivity index (χ4n) is 1.76. The summed E-state index contributed by atoms with van der Waals surface area (Å²) < 4.78 is 6.49. The second-order valence-electron chi connectivity index (χ2n) is 4.23. The average molecular weight is 274 g/mol. The number of rotatable bonds is 4. The van der Waals surface area contributed by atoms with Crippen molar-refractivity contribution < 1.29 is 19.4 Å². The maximum absolute atomic E-state index is 12.1. The van der Waals surface area contributed by atoms with Crippen LogP contribution in [0.2, 0.25) is 0 Å². The van der Waals surface area contributed by atoms with Crippen LogP contribution >= 0.6 is 0 Å². The molecular formula is C14H14N2O4. The molecule has 0 aliphatic carbocycles. The molecule has 104 valence electrons. The second kappa shape index (κ2) is 5.56. The van der Waals surface area contributed by atoms with E-state index in [9.17, 15) is 9.59 Å². The molecule has 2 aromatic rings. The monoisotopic (exact) mass is 274 g/mol. The maximum atomic E-state index is 12.1. The standard InChI is InChI=1S/C14H14N2O4/c1-3-16-12(11(8-15-16)13(17)18)14(19)20-10-6-4-9(2)5-7-10/h4-8H,3H2,1-2H3,(H,17,18). The Morgan fingerprint density at radius 1 is 1.30 bits per heavy atom. The first-order valence-electron chi connectivity index (χ1n) is 6.11. The van der Waals surface area contributed by atoms with Gasteiger partial charge in [-0.15, -0.1) is 0 Å². The molecule has 0 bridgehead atoms. The van der Waals surface area contributed by atoms with Crippen LogP contribution in [0.1, 0.15) is 33.3 Å². The second-order valence-corrected chi connectivity index (χ2v) is 4.23. The van der Waals surface area contributed by atoms with Crippen LogP contribution in [-0.4, -0.2) is 26.8 Å². The molecule has 1 aromatic heterocycles. The third kappa shape index (κ3) is 2.69. The Balaban J connectivity index is 2.31. The minimum absolute atomic E-state index is 0.0550. The smallest absolute Gasteiger partial charge is 0.362 e. The van der Waals surface area contributed by atoms with Gasteiger partial charge in [-0.2, -0.15) is 5.10 Å².